The van der Waals surface area contributed by atoms with Crippen molar-refractivity contribution in [2.75, 3.05) is 0 Å². The van der Waals surface area contributed by atoms with E-state index in [0.717, 1.165) is 49.2 Å². The SMILES string of the molecule is CCCCC(=Cc1cnc(CCCC)n1CCc1ccc(C(=O)O)cc1)C(=O)O. The molecule has 156 valence electrons. The lowest BCUT2D eigenvalue weighted by Crippen LogP contribution is -2.09. The van der Waals surface area contributed by atoms with Crippen molar-refractivity contribution in [1.82, 2.24) is 9.55 Å². The number of hydrogen-bond acceptors (Lipinski definition) is 3. The molecule has 0 aliphatic carbocycles. The molecule has 0 bridgehead atoms. The summed E-state index contributed by atoms with van der Waals surface area (Å²) in [5, 5.41) is 18.6. The number of imidazole rings is 1. The zero-order chi connectivity index (χ0) is 21.2. The second-order valence-corrected chi connectivity index (χ2v) is 7.18. The molecule has 29 heavy (non-hydrogen) atoms. The Morgan fingerprint density at radius 3 is 2.31 bits per heavy atom. The van der Waals surface area contributed by atoms with Crippen molar-refractivity contribution in [2.24, 2.45) is 0 Å². The van der Waals surface area contributed by atoms with Gasteiger partial charge in [0.2, 0.25) is 0 Å². The minimum absolute atomic E-state index is 0.269. The summed E-state index contributed by atoms with van der Waals surface area (Å²) in [6.45, 7) is 4.84. The Labute approximate surface area is 171 Å². The summed E-state index contributed by atoms with van der Waals surface area (Å²) in [4.78, 5) is 27.2. The summed E-state index contributed by atoms with van der Waals surface area (Å²) >= 11 is 0. The standard InChI is InChI=1S/C23H30N2O4/c1-3-5-7-19(23(28)29)15-20-16-24-21(8-6-4-2)25(20)14-13-17-9-11-18(12-10-17)22(26)27/h9-12,15-16H,3-8,13-14H2,1-2H3,(H,26,27)(H,28,29). The first-order valence-electron chi connectivity index (χ1n) is 10.3. The number of carboxylic acids is 2. The molecule has 0 spiro atoms. The largest absolute Gasteiger partial charge is 0.478 e. The van der Waals surface area contributed by atoms with E-state index in [1.807, 2.05) is 19.1 Å². The number of carboxylic acid groups (broad SMARTS) is 2. The van der Waals surface area contributed by atoms with Crippen LogP contribution in [0, 0.1) is 0 Å². The topological polar surface area (TPSA) is 92.4 Å². The molecule has 0 aliphatic rings. The van der Waals surface area contributed by atoms with Gasteiger partial charge in [0.1, 0.15) is 5.82 Å². The number of nitrogens with zero attached hydrogens (tertiary/aromatic N) is 2. The third kappa shape index (κ3) is 6.59. The lowest BCUT2D eigenvalue weighted by molar-refractivity contribution is -0.132. The number of unbranched alkanes of at least 4 members (excludes halogenated alkanes) is 2. The van der Waals surface area contributed by atoms with E-state index in [-0.39, 0.29) is 5.56 Å². The summed E-state index contributed by atoms with van der Waals surface area (Å²) in [5.41, 5.74) is 2.52. The number of benzene rings is 1. The molecule has 0 unspecified atom stereocenters. The van der Waals surface area contributed by atoms with Gasteiger partial charge in [0.05, 0.1) is 17.5 Å². The van der Waals surface area contributed by atoms with Crippen molar-refractivity contribution in [3.8, 4) is 0 Å². The highest BCUT2D eigenvalue weighted by atomic mass is 16.4. The maximum atomic E-state index is 11.6. The zero-order valence-corrected chi connectivity index (χ0v) is 17.2. The molecule has 0 amide bonds. The first kappa shape index (κ1) is 22.4. The number of carbonyl (C=O) groups is 2. The van der Waals surface area contributed by atoms with E-state index >= 15 is 0 Å². The van der Waals surface area contributed by atoms with Crippen LogP contribution in [-0.4, -0.2) is 31.7 Å². The molecular formula is C23H30N2O4. The van der Waals surface area contributed by atoms with E-state index in [2.05, 4.69) is 16.5 Å². The van der Waals surface area contributed by atoms with Gasteiger partial charge in [0, 0.05) is 18.5 Å². The molecule has 1 aromatic heterocycles. The Morgan fingerprint density at radius 1 is 1.03 bits per heavy atom. The molecule has 1 aromatic carbocycles. The molecule has 1 heterocycles. The maximum Gasteiger partial charge on any atom is 0.335 e. The van der Waals surface area contributed by atoms with E-state index < -0.39 is 11.9 Å². The number of rotatable bonds is 12. The lowest BCUT2D eigenvalue weighted by Gasteiger charge is -2.11. The molecule has 0 atom stereocenters. The molecule has 2 N–H and O–H groups in total. The first-order chi connectivity index (χ1) is 14.0. The van der Waals surface area contributed by atoms with Gasteiger partial charge in [-0.05, 0) is 49.5 Å². The smallest absolute Gasteiger partial charge is 0.335 e. The van der Waals surface area contributed by atoms with Crippen LogP contribution in [0.25, 0.3) is 6.08 Å². The van der Waals surface area contributed by atoms with Gasteiger partial charge >= 0.3 is 11.9 Å². The number of aliphatic carboxylic acids is 1. The van der Waals surface area contributed by atoms with Crippen molar-refractivity contribution in [3.05, 3.63) is 58.7 Å². The Morgan fingerprint density at radius 2 is 1.72 bits per heavy atom. The molecule has 2 aromatic rings. The molecule has 2 rings (SSSR count). The number of aryl methyl sites for hydroxylation is 2. The third-order valence-electron chi connectivity index (χ3n) is 4.94. The summed E-state index contributed by atoms with van der Waals surface area (Å²) in [6, 6.07) is 6.87. The van der Waals surface area contributed by atoms with E-state index in [1.165, 1.54) is 0 Å². The third-order valence-corrected chi connectivity index (χ3v) is 4.94. The van der Waals surface area contributed by atoms with Crippen LogP contribution in [0.4, 0.5) is 0 Å². The van der Waals surface area contributed by atoms with Gasteiger partial charge in [-0.1, -0.05) is 38.8 Å². The van der Waals surface area contributed by atoms with Gasteiger partial charge in [-0.25, -0.2) is 14.6 Å². The summed E-state index contributed by atoms with van der Waals surface area (Å²) < 4.78 is 2.09. The molecule has 6 nitrogen and oxygen atoms in total. The average Bonchev–Trinajstić information content (AvgIpc) is 3.09. The van der Waals surface area contributed by atoms with E-state index in [0.29, 0.717) is 25.0 Å². The van der Waals surface area contributed by atoms with Crippen LogP contribution >= 0.6 is 0 Å². The van der Waals surface area contributed by atoms with Crippen molar-refractivity contribution in [2.45, 2.75) is 65.3 Å². The molecule has 0 fully saturated rings. The zero-order valence-electron chi connectivity index (χ0n) is 17.2. The molecule has 0 saturated heterocycles. The Balaban J connectivity index is 2.25. The monoisotopic (exact) mass is 398 g/mol. The second kappa shape index (κ2) is 11.2. The van der Waals surface area contributed by atoms with E-state index in [1.54, 1.807) is 24.4 Å². The Kier molecular flexibility index (Phi) is 8.65. The second-order valence-electron chi connectivity index (χ2n) is 7.18. The summed E-state index contributed by atoms with van der Waals surface area (Å²) in [6.07, 6.45) is 9.47. The van der Waals surface area contributed by atoms with Gasteiger partial charge in [-0.2, -0.15) is 0 Å². The first-order valence-corrected chi connectivity index (χ1v) is 10.3. The fourth-order valence-corrected chi connectivity index (χ4v) is 3.18. The maximum absolute atomic E-state index is 11.6. The van der Waals surface area contributed by atoms with Crippen LogP contribution in [0.1, 0.15) is 73.4 Å². The summed E-state index contributed by atoms with van der Waals surface area (Å²) in [5.74, 6) is -0.861. The highest BCUT2D eigenvalue weighted by molar-refractivity contribution is 5.91. The quantitative estimate of drug-likeness (QED) is 0.500. The van der Waals surface area contributed by atoms with Crippen LogP contribution < -0.4 is 0 Å². The fraction of sp³-hybridized carbons (Fsp3) is 0.435. The molecular weight excluding hydrogens is 368 g/mol. The Hall–Kier alpha value is -2.89. The normalized spacial score (nSPS) is 11.6. The molecule has 0 aliphatic heterocycles. The number of aromatic carboxylic acids is 1. The highest BCUT2D eigenvalue weighted by Gasteiger charge is 2.13. The van der Waals surface area contributed by atoms with Crippen molar-refractivity contribution in [3.63, 3.8) is 0 Å². The van der Waals surface area contributed by atoms with Crippen molar-refractivity contribution >= 4 is 18.0 Å². The van der Waals surface area contributed by atoms with Gasteiger partial charge in [-0.15, -0.1) is 0 Å². The van der Waals surface area contributed by atoms with Crippen LogP contribution in [0.3, 0.4) is 0 Å². The number of aromatic nitrogens is 2. The van der Waals surface area contributed by atoms with Crippen LogP contribution in [0.5, 0.6) is 0 Å². The average molecular weight is 399 g/mol. The predicted molar refractivity (Wildman–Crippen MR) is 113 cm³/mol. The van der Waals surface area contributed by atoms with Crippen LogP contribution in [0.2, 0.25) is 0 Å². The molecule has 6 heteroatoms. The van der Waals surface area contributed by atoms with E-state index in [9.17, 15) is 14.7 Å². The van der Waals surface area contributed by atoms with Crippen molar-refractivity contribution < 1.29 is 19.8 Å². The molecule has 0 saturated carbocycles. The number of hydrogen-bond donors (Lipinski definition) is 2. The predicted octanol–water partition coefficient (Wildman–Crippen LogP) is 4.82. The fourth-order valence-electron chi connectivity index (χ4n) is 3.18. The highest BCUT2D eigenvalue weighted by Crippen LogP contribution is 2.17. The van der Waals surface area contributed by atoms with Gasteiger partial charge in [-0.3, -0.25) is 0 Å². The van der Waals surface area contributed by atoms with E-state index in [4.69, 9.17) is 5.11 Å². The van der Waals surface area contributed by atoms with Gasteiger partial charge in [0.25, 0.3) is 0 Å². The van der Waals surface area contributed by atoms with Crippen molar-refractivity contribution in [1.29, 1.82) is 0 Å². The minimum atomic E-state index is -0.936. The molecule has 0 radical (unpaired) electrons. The van der Waals surface area contributed by atoms with Gasteiger partial charge < -0.3 is 14.8 Å². The van der Waals surface area contributed by atoms with Gasteiger partial charge in [0.15, 0.2) is 0 Å². The Bertz CT molecular complexity index is 850. The summed E-state index contributed by atoms with van der Waals surface area (Å²) in [7, 11) is 0. The minimum Gasteiger partial charge on any atom is -0.478 e. The van der Waals surface area contributed by atoms with Crippen LogP contribution in [-0.2, 0) is 24.2 Å². The lowest BCUT2D eigenvalue weighted by atomic mass is 10.1. The van der Waals surface area contributed by atoms with Crippen LogP contribution in [0.15, 0.2) is 36.0 Å².